The highest BCUT2D eigenvalue weighted by Crippen LogP contribution is 2.25. The van der Waals surface area contributed by atoms with Crippen molar-refractivity contribution in [2.24, 2.45) is 0 Å². The monoisotopic (exact) mass is 289 g/mol. The molecule has 0 aromatic heterocycles. The lowest BCUT2D eigenvalue weighted by Gasteiger charge is -2.04. The summed E-state index contributed by atoms with van der Waals surface area (Å²) < 4.78 is 9.46. The standard InChI is InChI=1S/C9H8BrNO5/c1-15-9(12)7-3-2-6(16-5-10)4-8(7)11(13)14/h2-4H,5H2,1H3. The molecule has 0 heterocycles. The van der Waals surface area contributed by atoms with Crippen LogP contribution in [0.1, 0.15) is 10.4 Å². The van der Waals surface area contributed by atoms with E-state index < -0.39 is 10.9 Å². The molecule has 0 N–H and O–H groups in total. The first-order chi connectivity index (χ1) is 7.60. The van der Waals surface area contributed by atoms with E-state index in [1.807, 2.05) is 0 Å². The number of esters is 1. The van der Waals surface area contributed by atoms with Crippen molar-refractivity contribution in [1.29, 1.82) is 0 Å². The zero-order valence-corrected chi connectivity index (χ0v) is 9.89. The smallest absolute Gasteiger partial charge is 0.344 e. The number of carbonyl (C=O) groups is 1. The third-order valence-electron chi connectivity index (χ3n) is 1.79. The molecule has 1 rings (SSSR count). The van der Waals surface area contributed by atoms with Crippen molar-refractivity contribution in [3.8, 4) is 5.75 Å². The fourth-order valence-corrected chi connectivity index (χ4v) is 1.36. The average Bonchev–Trinajstić information content (AvgIpc) is 2.28. The fraction of sp³-hybridized carbons (Fsp3) is 0.222. The summed E-state index contributed by atoms with van der Waals surface area (Å²) in [6.07, 6.45) is 0. The number of methoxy groups -OCH3 is 1. The van der Waals surface area contributed by atoms with Crippen molar-refractivity contribution in [3.63, 3.8) is 0 Å². The molecule has 16 heavy (non-hydrogen) atoms. The number of hydrogen-bond donors (Lipinski definition) is 0. The molecule has 0 unspecified atom stereocenters. The quantitative estimate of drug-likeness (QED) is 0.367. The molecular formula is C9H8BrNO5. The van der Waals surface area contributed by atoms with Gasteiger partial charge in [0.25, 0.3) is 5.69 Å². The maximum atomic E-state index is 11.2. The normalized spacial score (nSPS) is 9.62. The molecule has 0 aliphatic rings. The SMILES string of the molecule is COC(=O)c1ccc(OCBr)cc1[N+](=O)[O-]. The number of nitrogens with zero attached hydrogens (tertiary/aromatic N) is 1. The zero-order chi connectivity index (χ0) is 12.1. The molecule has 0 spiro atoms. The van der Waals surface area contributed by atoms with Gasteiger partial charge in [0.1, 0.15) is 16.8 Å². The van der Waals surface area contributed by atoms with Crippen LogP contribution in [0.2, 0.25) is 0 Å². The predicted octanol–water partition coefficient (Wildman–Crippen LogP) is 2.11. The van der Waals surface area contributed by atoms with Gasteiger partial charge in [-0.05, 0) is 28.1 Å². The van der Waals surface area contributed by atoms with Gasteiger partial charge in [-0.2, -0.15) is 0 Å². The van der Waals surface area contributed by atoms with Crippen molar-refractivity contribution < 1.29 is 19.2 Å². The number of nitro benzene ring substituents is 1. The number of rotatable bonds is 4. The summed E-state index contributed by atoms with van der Waals surface area (Å²) in [5.41, 5.74) is -0.235. The second-order valence-electron chi connectivity index (χ2n) is 2.68. The van der Waals surface area contributed by atoms with Crippen molar-refractivity contribution >= 4 is 27.6 Å². The van der Waals surface area contributed by atoms with Crippen molar-refractivity contribution in [3.05, 3.63) is 33.9 Å². The summed E-state index contributed by atoms with van der Waals surface area (Å²) >= 11 is 3.03. The first-order valence-electron chi connectivity index (χ1n) is 4.15. The van der Waals surface area contributed by atoms with Crippen LogP contribution in [0.3, 0.4) is 0 Å². The summed E-state index contributed by atoms with van der Waals surface area (Å²) in [7, 11) is 1.16. The van der Waals surface area contributed by atoms with Crippen molar-refractivity contribution in [2.45, 2.75) is 0 Å². The van der Waals surface area contributed by atoms with Crippen LogP contribution in [-0.4, -0.2) is 23.5 Å². The summed E-state index contributed by atoms with van der Waals surface area (Å²) in [6.45, 7) is 0. The van der Waals surface area contributed by atoms with Gasteiger partial charge in [-0.3, -0.25) is 10.1 Å². The van der Waals surface area contributed by atoms with Crippen LogP contribution < -0.4 is 4.74 Å². The molecule has 0 fully saturated rings. The van der Waals surface area contributed by atoms with E-state index in [0.717, 1.165) is 7.11 Å². The number of alkyl halides is 1. The number of ether oxygens (including phenoxy) is 2. The van der Waals surface area contributed by atoms with E-state index in [2.05, 4.69) is 20.7 Å². The molecule has 0 amide bonds. The van der Waals surface area contributed by atoms with Crippen LogP contribution in [0.4, 0.5) is 5.69 Å². The van der Waals surface area contributed by atoms with Crippen LogP contribution >= 0.6 is 15.9 Å². The molecule has 0 aliphatic heterocycles. The van der Waals surface area contributed by atoms with Gasteiger partial charge < -0.3 is 9.47 Å². The lowest BCUT2D eigenvalue weighted by molar-refractivity contribution is -0.385. The molecule has 0 radical (unpaired) electrons. The fourth-order valence-electron chi connectivity index (χ4n) is 1.10. The Balaban J connectivity index is 3.19. The largest absolute Gasteiger partial charge is 0.482 e. The molecule has 0 aliphatic carbocycles. The minimum Gasteiger partial charge on any atom is -0.482 e. The van der Waals surface area contributed by atoms with Crippen molar-refractivity contribution in [2.75, 3.05) is 12.6 Å². The Labute approximate surface area is 99.4 Å². The molecular weight excluding hydrogens is 282 g/mol. The molecule has 86 valence electrons. The topological polar surface area (TPSA) is 78.7 Å². The Morgan fingerprint density at radius 3 is 2.75 bits per heavy atom. The van der Waals surface area contributed by atoms with Gasteiger partial charge in [-0.15, -0.1) is 0 Å². The number of carbonyl (C=O) groups excluding carboxylic acids is 1. The second kappa shape index (κ2) is 5.45. The van der Waals surface area contributed by atoms with Gasteiger partial charge in [-0.1, -0.05) is 0 Å². The average molecular weight is 290 g/mol. The number of hydrogen-bond acceptors (Lipinski definition) is 5. The predicted molar refractivity (Wildman–Crippen MR) is 58.9 cm³/mol. The molecule has 6 nitrogen and oxygen atoms in total. The summed E-state index contributed by atoms with van der Waals surface area (Å²) in [6, 6.07) is 3.93. The highest BCUT2D eigenvalue weighted by atomic mass is 79.9. The number of nitro groups is 1. The van der Waals surface area contributed by atoms with Gasteiger partial charge in [0.15, 0.2) is 0 Å². The van der Waals surface area contributed by atoms with E-state index in [4.69, 9.17) is 4.74 Å². The lowest BCUT2D eigenvalue weighted by atomic mass is 10.2. The first-order valence-corrected chi connectivity index (χ1v) is 5.27. The van der Waals surface area contributed by atoms with Crippen LogP contribution in [0.15, 0.2) is 18.2 Å². The summed E-state index contributed by atoms with van der Waals surface area (Å²) in [5.74, 6) is -0.451. The molecule has 1 aromatic rings. The maximum Gasteiger partial charge on any atom is 0.344 e. The Bertz CT molecular complexity index is 420. The van der Waals surface area contributed by atoms with Gasteiger partial charge in [0.05, 0.1) is 18.1 Å². The number of benzene rings is 1. The van der Waals surface area contributed by atoms with E-state index in [-0.39, 0.29) is 16.8 Å². The Hall–Kier alpha value is -1.63. The van der Waals surface area contributed by atoms with E-state index >= 15 is 0 Å². The highest BCUT2D eigenvalue weighted by Gasteiger charge is 2.21. The molecule has 7 heteroatoms. The van der Waals surface area contributed by atoms with Gasteiger partial charge in [0.2, 0.25) is 0 Å². The highest BCUT2D eigenvalue weighted by molar-refractivity contribution is 9.09. The van der Waals surface area contributed by atoms with Crippen LogP contribution in [0.25, 0.3) is 0 Å². The Morgan fingerprint density at radius 2 is 2.25 bits per heavy atom. The molecule has 0 bridgehead atoms. The third kappa shape index (κ3) is 2.69. The molecule has 0 saturated carbocycles. The van der Waals surface area contributed by atoms with Crippen LogP contribution in [0.5, 0.6) is 5.75 Å². The molecule has 0 atom stereocenters. The van der Waals surface area contributed by atoms with Gasteiger partial charge in [0, 0.05) is 0 Å². The van der Waals surface area contributed by atoms with E-state index in [1.54, 1.807) is 0 Å². The number of halogens is 1. The minimum absolute atomic E-state index is 0.102. The summed E-state index contributed by atoms with van der Waals surface area (Å²) in [4.78, 5) is 21.3. The lowest BCUT2D eigenvalue weighted by Crippen LogP contribution is -2.06. The molecule has 0 saturated heterocycles. The first kappa shape index (κ1) is 12.4. The Morgan fingerprint density at radius 1 is 1.56 bits per heavy atom. The second-order valence-corrected chi connectivity index (χ2v) is 3.14. The van der Waals surface area contributed by atoms with Crippen LogP contribution in [-0.2, 0) is 4.74 Å². The van der Waals surface area contributed by atoms with Crippen LogP contribution in [0, 0.1) is 10.1 Å². The Kier molecular flexibility index (Phi) is 4.24. The zero-order valence-electron chi connectivity index (χ0n) is 8.31. The van der Waals surface area contributed by atoms with Gasteiger partial charge in [-0.25, -0.2) is 4.79 Å². The van der Waals surface area contributed by atoms with E-state index in [1.165, 1.54) is 18.2 Å². The third-order valence-corrected chi connectivity index (χ3v) is 2.02. The van der Waals surface area contributed by atoms with E-state index in [0.29, 0.717) is 5.75 Å². The molecule has 1 aromatic carbocycles. The van der Waals surface area contributed by atoms with Gasteiger partial charge >= 0.3 is 5.97 Å². The maximum absolute atomic E-state index is 11.2. The van der Waals surface area contributed by atoms with Crippen molar-refractivity contribution in [1.82, 2.24) is 0 Å². The minimum atomic E-state index is -0.753. The van der Waals surface area contributed by atoms with E-state index in [9.17, 15) is 14.9 Å². The summed E-state index contributed by atoms with van der Waals surface area (Å²) in [5, 5.41) is 10.7.